The van der Waals surface area contributed by atoms with Crippen molar-refractivity contribution in [3.8, 4) is 0 Å². The molecule has 0 aromatic heterocycles. The van der Waals surface area contributed by atoms with Crippen LogP contribution in [0.2, 0.25) is 10.0 Å². The predicted molar refractivity (Wildman–Crippen MR) is 77.2 cm³/mol. The molecule has 0 amide bonds. The fraction of sp³-hybridized carbons (Fsp3) is 0.533. The van der Waals surface area contributed by atoms with Crippen LogP contribution in [0.4, 0.5) is 0 Å². The molecule has 3 rings (SSSR count). The molecule has 0 N–H and O–H groups in total. The van der Waals surface area contributed by atoms with Gasteiger partial charge < -0.3 is 9.47 Å². The predicted octanol–water partition coefficient (Wildman–Crippen LogP) is 3.82. The van der Waals surface area contributed by atoms with E-state index in [4.69, 9.17) is 32.7 Å². The molecule has 2 aliphatic heterocycles. The van der Waals surface area contributed by atoms with Gasteiger partial charge in [-0.05, 0) is 37.0 Å². The standard InChI is InChI=1S/C15H16Cl2O3/c1-19-15(18)14-10(7-9-3-5-13(14)20-9)8-2-4-11(16)12(17)6-8/h2,4,6,9-10,13-14H,3,5,7H2,1H3/t9-,10+,13+,14+/m1/s1. The number of hydrogen-bond donors (Lipinski definition) is 0. The molecule has 0 aliphatic carbocycles. The van der Waals surface area contributed by atoms with Crippen molar-refractivity contribution in [1.29, 1.82) is 0 Å². The van der Waals surface area contributed by atoms with Gasteiger partial charge in [0.2, 0.25) is 0 Å². The van der Waals surface area contributed by atoms with Gasteiger partial charge in [-0.3, -0.25) is 4.79 Å². The number of ether oxygens (including phenoxy) is 2. The normalized spacial score (nSPS) is 32.1. The molecular formula is C15H16Cl2O3. The molecule has 0 unspecified atom stereocenters. The van der Waals surface area contributed by atoms with Crippen LogP contribution in [0.3, 0.4) is 0 Å². The number of halogens is 2. The summed E-state index contributed by atoms with van der Waals surface area (Å²) in [7, 11) is 1.43. The SMILES string of the molecule is COC(=O)[C@@H]1[C@@H]2CC[C@H](C[C@H]1c1ccc(Cl)c(Cl)c1)O2. The number of rotatable bonds is 2. The van der Waals surface area contributed by atoms with Gasteiger partial charge in [0.1, 0.15) is 0 Å². The van der Waals surface area contributed by atoms with Crippen molar-refractivity contribution in [3.05, 3.63) is 33.8 Å². The van der Waals surface area contributed by atoms with Crippen LogP contribution in [0, 0.1) is 5.92 Å². The van der Waals surface area contributed by atoms with E-state index in [1.165, 1.54) is 7.11 Å². The topological polar surface area (TPSA) is 35.5 Å². The van der Waals surface area contributed by atoms with Gasteiger partial charge in [0.25, 0.3) is 0 Å². The number of fused-ring (bicyclic) bond motifs is 2. The average Bonchev–Trinajstić information content (AvgIpc) is 2.82. The minimum absolute atomic E-state index is 0.0411. The summed E-state index contributed by atoms with van der Waals surface area (Å²) in [6.45, 7) is 0. The maximum Gasteiger partial charge on any atom is 0.311 e. The van der Waals surface area contributed by atoms with E-state index in [0.717, 1.165) is 24.8 Å². The molecule has 2 bridgehead atoms. The summed E-state index contributed by atoms with van der Waals surface area (Å²) < 4.78 is 10.8. The fourth-order valence-electron chi connectivity index (χ4n) is 3.40. The quantitative estimate of drug-likeness (QED) is 0.778. The average molecular weight is 315 g/mol. The lowest BCUT2D eigenvalue weighted by Gasteiger charge is -2.35. The second-order valence-corrected chi connectivity index (χ2v) is 6.25. The Bertz CT molecular complexity index is 532. The van der Waals surface area contributed by atoms with E-state index in [9.17, 15) is 4.79 Å². The molecule has 108 valence electrons. The number of carbonyl (C=O) groups is 1. The van der Waals surface area contributed by atoms with Crippen LogP contribution in [-0.4, -0.2) is 25.3 Å². The van der Waals surface area contributed by atoms with Gasteiger partial charge in [0.15, 0.2) is 0 Å². The Morgan fingerprint density at radius 3 is 2.80 bits per heavy atom. The highest BCUT2D eigenvalue weighted by Gasteiger charge is 2.47. The number of carbonyl (C=O) groups excluding carboxylic acids is 1. The Balaban J connectivity index is 1.96. The zero-order chi connectivity index (χ0) is 14.3. The van der Waals surface area contributed by atoms with E-state index in [1.54, 1.807) is 6.07 Å². The summed E-state index contributed by atoms with van der Waals surface area (Å²) in [5.74, 6) is -0.370. The van der Waals surface area contributed by atoms with Gasteiger partial charge in [-0.2, -0.15) is 0 Å². The molecule has 1 aromatic rings. The molecule has 0 radical (unpaired) electrons. The number of hydrogen-bond acceptors (Lipinski definition) is 3. The van der Waals surface area contributed by atoms with Gasteiger partial charge in [0.05, 0.1) is 35.3 Å². The van der Waals surface area contributed by atoms with E-state index < -0.39 is 0 Å². The van der Waals surface area contributed by atoms with Crippen molar-refractivity contribution in [2.24, 2.45) is 5.92 Å². The maximum atomic E-state index is 12.1. The zero-order valence-electron chi connectivity index (χ0n) is 11.1. The van der Waals surface area contributed by atoms with Gasteiger partial charge in [0, 0.05) is 5.92 Å². The van der Waals surface area contributed by atoms with E-state index >= 15 is 0 Å². The first kappa shape index (κ1) is 14.2. The minimum atomic E-state index is -0.254. The maximum absolute atomic E-state index is 12.1. The van der Waals surface area contributed by atoms with Gasteiger partial charge in [-0.25, -0.2) is 0 Å². The Hall–Kier alpha value is -0.770. The van der Waals surface area contributed by atoms with Gasteiger partial charge in [-0.15, -0.1) is 0 Å². The van der Waals surface area contributed by atoms with Crippen LogP contribution in [0.5, 0.6) is 0 Å². The summed E-state index contributed by atoms with van der Waals surface area (Å²) >= 11 is 12.1. The lowest BCUT2D eigenvalue weighted by molar-refractivity contribution is -0.156. The molecular weight excluding hydrogens is 299 g/mol. The first-order chi connectivity index (χ1) is 9.60. The molecule has 0 spiro atoms. The number of esters is 1. The van der Waals surface area contributed by atoms with Crippen LogP contribution < -0.4 is 0 Å². The van der Waals surface area contributed by atoms with Crippen molar-refractivity contribution >= 4 is 29.2 Å². The molecule has 2 fully saturated rings. The van der Waals surface area contributed by atoms with Crippen LogP contribution in [0.15, 0.2) is 18.2 Å². The van der Waals surface area contributed by atoms with Crippen LogP contribution >= 0.6 is 23.2 Å². The first-order valence-electron chi connectivity index (χ1n) is 6.78. The molecule has 2 aliphatic rings. The van der Waals surface area contributed by atoms with Crippen LogP contribution in [0.1, 0.15) is 30.7 Å². The monoisotopic (exact) mass is 314 g/mol. The third kappa shape index (κ3) is 2.43. The Morgan fingerprint density at radius 2 is 2.10 bits per heavy atom. The largest absolute Gasteiger partial charge is 0.469 e. The molecule has 4 atom stereocenters. The van der Waals surface area contributed by atoms with Crippen molar-refractivity contribution < 1.29 is 14.3 Å². The highest BCUT2D eigenvalue weighted by molar-refractivity contribution is 6.42. The molecule has 0 saturated carbocycles. The Kier molecular flexibility index (Phi) is 3.93. The molecule has 20 heavy (non-hydrogen) atoms. The highest BCUT2D eigenvalue weighted by Crippen LogP contribution is 2.46. The lowest BCUT2D eigenvalue weighted by Crippen LogP contribution is -2.39. The van der Waals surface area contributed by atoms with Gasteiger partial charge in [-0.1, -0.05) is 29.3 Å². The van der Waals surface area contributed by atoms with Gasteiger partial charge >= 0.3 is 5.97 Å². The summed E-state index contributed by atoms with van der Waals surface area (Å²) in [5, 5.41) is 1.05. The van der Waals surface area contributed by atoms with Crippen LogP contribution in [0.25, 0.3) is 0 Å². The summed E-state index contributed by atoms with van der Waals surface area (Å²) in [4.78, 5) is 12.1. The number of benzene rings is 1. The fourth-order valence-corrected chi connectivity index (χ4v) is 3.71. The smallest absolute Gasteiger partial charge is 0.311 e. The third-order valence-corrected chi connectivity index (χ3v) is 5.08. The van der Waals surface area contributed by atoms with Crippen molar-refractivity contribution in [1.82, 2.24) is 0 Å². The molecule has 1 aromatic carbocycles. The molecule has 3 nitrogen and oxygen atoms in total. The molecule has 2 saturated heterocycles. The summed E-state index contributed by atoms with van der Waals surface area (Å²) in [6, 6.07) is 5.58. The third-order valence-electron chi connectivity index (χ3n) is 4.34. The van der Waals surface area contributed by atoms with Crippen molar-refractivity contribution in [2.45, 2.75) is 37.4 Å². The second-order valence-electron chi connectivity index (χ2n) is 5.44. The van der Waals surface area contributed by atoms with Crippen molar-refractivity contribution in [3.63, 3.8) is 0 Å². The molecule has 5 heteroatoms. The lowest BCUT2D eigenvalue weighted by atomic mass is 9.79. The first-order valence-corrected chi connectivity index (χ1v) is 7.54. The van der Waals surface area contributed by atoms with Crippen LogP contribution in [-0.2, 0) is 14.3 Å². The summed E-state index contributed by atoms with van der Waals surface area (Å²) in [6.07, 6.45) is 2.95. The number of methoxy groups -OCH3 is 1. The van der Waals surface area contributed by atoms with Crippen molar-refractivity contribution in [2.75, 3.05) is 7.11 Å². The van der Waals surface area contributed by atoms with E-state index in [1.807, 2.05) is 12.1 Å². The summed E-state index contributed by atoms with van der Waals surface area (Å²) in [5.41, 5.74) is 1.04. The van der Waals surface area contributed by atoms with E-state index in [-0.39, 0.29) is 30.0 Å². The Morgan fingerprint density at radius 1 is 1.30 bits per heavy atom. The minimum Gasteiger partial charge on any atom is -0.469 e. The van der Waals surface area contributed by atoms with E-state index in [0.29, 0.717) is 10.0 Å². The second kappa shape index (κ2) is 5.55. The molecule has 2 heterocycles. The Labute approximate surface area is 128 Å². The van der Waals surface area contributed by atoms with E-state index in [2.05, 4.69) is 0 Å². The zero-order valence-corrected chi connectivity index (χ0v) is 12.7. The highest BCUT2D eigenvalue weighted by atomic mass is 35.5.